The maximum absolute atomic E-state index is 4.56. The van der Waals surface area contributed by atoms with Gasteiger partial charge >= 0.3 is 0 Å². The minimum absolute atomic E-state index is 0.311. The highest BCUT2D eigenvalue weighted by Gasteiger charge is 2.23. The van der Waals surface area contributed by atoms with E-state index in [-0.39, 0.29) is 0 Å². The number of nitrogens with zero attached hydrogens (tertiary/aromatic N) is 1. The van der Waals surface area contributed by atoms with E-state index in [1.54, 1.807) is 0 Å². The van der Waals surface area contributed by atoms with Crippen molar-refractivity contribution >= 4 is 32.4 Å². The zero-order chi connectivity index (χ0) is 14.2. The summed E-state index contributed by atoms with van der Waals surface area (Å²) in [6.45, 7) is 0. The number of pyridine rings is 1. The van der Waals surface area contributed by atoms with Gasteiger partial charge in [0.2, 0.25) is 0 Å². The predicted molar refractivity (Wildman–Crippen MR) is 90.6 cm³/mol. The Bertz CT molecular complexity index is 813. The van der Waals surface area contributed by atoms with Crippen molar-refractivity contribution in [1.29, 1.82) is 0 Å². The summed E-state index contributed by atoms with van der Waals surface area (Å²) in [5.41, 5.74) is 3.75. The molecule has 104 valence electrons. The van der Waals surface area contributed by atoms with Crippen LogP contribution in [0, 0.1) is 0 Å². The maximum Gasteiger partial charge on any atom is 0.0691 e. The molecule has 0 fully saturated rings. The van der Waals surface area contributed by atoms with Crippen LogP contribution in [0.4, 0.5) is 5.69 Å². The molecule has 1 heterocycles. The molecule has 1 unspecified atom stereocenters. The molecular weight excluding hydrogens is 324 g/mol. The van der Waals surface area contributed by atoms with E-state index in [2.05, 4.69) is 68.7 Å². The monoisotopic (exact) mass is 338 g/mol. The molecule has 1 aliphatic rings. The predicted octanol–water partition coefficient (Wildman–Crippen LogP) is 5.10. The van der Waals surface area contributed by atoms with Crippen LogP contribution >= 0.6 is 15.9 Å². The van der Waals surface area contributed by atoms with Crippen LogP contribution in [0.3, 0.4) is 0 Å². The van der Waals surface area contributed by atoms with Crippen LogP contribution in [0.2, 0.25) is 0 Å². The van der Waals surface area contributed by atoms with E-state index in [0.717, 1.165) is 17.3 Å². The van der Waals surface area contributed by atoms with Gasteiger partial charge in [-0.3, -0.25) is 4.98 Å². The number of hydrogen-bond acceptors (Lipinski definition) is 2. The first-order chi connectivity index (χ1) is 10.3. The lowest BCUT2D eigenvalue weighted by atomic mass is 10.1. The van der Waals surface area contributed by atoms with Gasteiger partial charge in [0.25, 0.3) is 0 Å². The van der Waals surface area contributed by atoms with Crippen LogP contribution in [0.15, 0.2) is 59.2 Å². The van der Waals surface area contributed by atoms with Gasteiger partial charge in [0.05, 0.1) is 11.7 Å². The fourth-order valence-corrected chi connectivity index (χ4v) is 3.61. The minimum Gasteiger partial charge on any atom is -0.376 e. The van der Waals surface area contributed by atoms with Gasteiger partial charge in [-0.25, -0.2) is 0 Å². The van der Waals surface area contributed by atoms with E-state index in [0.29, 0.717) is 6.04 Å². The molecule has 3 heteroatoms. The van der Waals surface area contributed by atoms with Gasteiger partial charge in [0, 0.05) is 21.7 Å². The lowest BCUT2D eigenvalue weighted by Gasteiger charge is -2.17. The van der Waals surface area contributed by atoms with Crippen molar-refractivity contribution in [2.45, 2.75) is 18.9 Å². The van der Waals surface area contributed by atoms with Gasteiger partial charge in [0.15, 0.2) is 0 Å². The van der Waals surface area contributed by atoms with Gasteiger partial charge in [-0.05, 0) is 42.0 Å². The van der Waals surface area contributed by atoms with Crippen molar-refractivity contribution in [3.05, 3.63) is 70.5 Å². The summed E-state index contributed by atoms with van der Waals surface area (Å²) < 4.78 is 1.13. The molecule has 1 atom stereocenters. The number of aromatic nitrogens is 1. The standard InChI is InChI=1S/C18H15BrN2/c19-15-8-10-16(14-6-2-1-5-13(14)15)21-17-9-7-12-4-3-11-20-18(12)17/h1-6,8,10-11,17,21H,7,9H2. The molecule has 0 aliphatic heterocycles. The van der Waals surface area contributed by atoms with Gasteiger partial charge in [-0.2, -0.15) is 0 Å². The van der Waals surface area contributed by atoms with E-state index >= 15 is 0 Å². The molecule has 0 bridgehead atoms. The average Bonchev–Trinajstić information content (AvgIpc) is 2.94. The van der Waals surface area contributed by atoms with Crippen LogP contribution < -0.4 is 5.32 Å². The van der Waals surface area contributed by atoms with Gasteiger partial charge in [0.1, 0.15) is 0 Å². The summed E-state index contributed by atoms with van der Waals surface area (Å²) in [4.78, 5) is 4.56. The molecule has 1 aromatic heterocycles. The highest BCUT2D eigenvalue weighted by molar-refractivity contribution is 9.10. The number of hydrogen-bond donors (Lipinski definition) is 1. The van der Waals surface area contributed by atoms with Gasteiger partial charge in [-0.15, -0.1) is 0 Å². The second kappa shape index (κ2) is 5.15. The number of rotatable bonds is 2. The molecule has 21 heavy (non-hydrogen) atoms. The Kier molecular flexibility index (Phi) is 3.15. The molecule has 1 aliphatic carbocycles. The van der Waals surface area contributed by atoms with Crippen molar-refractivity contribution in [3.8, 4) is 0 Å². The first-order valence-electron chi connectivity index (χ1n) is 7.20. The normalized spacial score (nSPS) is 16.9. The third-order valence-electron chi connectivity index (χ3n) is 4.16. The smallest absolute Gasteiger partial charge is 0.0691 e. The fourth-order valence-electron chi connectivity index (χ4n) is 3.13. The molecule has 2 aromatic carbocycles. The first kappa shape index (κ1) is 12.8. The summed E-state index contributed by atoms with van der Waals surface area (Å²) in [7, 11) is 0. The summed E-state index contributed by atoms with van der Waals surface area (Å²) in [6.07, 6.45) is 4.10. The SMILES string of the molecule is Brc1ccc(NC2CCc3cccnc32)c2ccccc12. The number of anilines is 1. The zero-order valence-corrected chi connectivity index (χ0v) is 13.1. The maximum atomic E-state index is 4.56. The van der Waals surface area contributed by atoms with Gasteiger partial charge in [-0.1, -0.05) is 46.3 Å². The van der Waals surface area contributed by atoms with Crippen LogP contribution in [0.25, 0.3) is 10.8 Å². The summed E-state index contributed by atoms with van der Waals surface area (Å²) >= 11 is 3.63. The Morgan fingerprint density at radius 3 is 2.76 bits per heavy atom. The minimum atomic E-state index is 0.311. The van der Waals surface area contributed by atoms with E-state index in [1.807, 2.05) is 12.3 Å². The lowest BCUT2D eigenvalue weighted by Crippen LogP contribution is -2.08. The lowest BCUT2D eigenvalue weighted by molar-refractivity contribution is 0.747. The molecule has 0 radical (unpaired) electrons. The molecule has 4 rings (SSSR count). The molecule has 0 spiro atoms. The highest BCUT2D eigenvalue weighted by Crippen LogP contribution is 2.36. The summed E-state index contributed by atoms with van der Waals surface area (Å²) in [5.74, 6) is 0. The van der Waals surface area contributed by atoms with Crippen molar-refractivity contribution in [2.24, 2.45) is 0 Å². The second-order valence-corrected chi connectivity index (χ2v) is 6.28. The zero-order valence-electron chi connectivity index (χ0n) is 11.5. The van der Waals surface area contributed by atoms with E-state index < -0.39 is 0 Å². The Hall–Kier alpha value is -1.87. The third-order valence-corrected chi connectivity index (χ3v) is 4.85. The highest BCUT2D eigenvalue weighted by atomic mass is 79.9. The second-order valence-electron chi connectivity index (χ2n) is 5.42. The molecular formula is C18H15BrN2. The number of nitrogens with one attached hydrogen (secondary N) is 1. The van der Waals surface area contributed by atoms with E-state index in [4.69, 9.17) is 0 Å². The van der Waals surface area contributed by atoms with E-state index in [9.17, 15) is 0 Å². The number of aryl methyl sites for hydroxylation is 1. The Balaban J connectivity index is 1.75. The average molecular weight is 339 g/mol. The van der Waals surface area contributed by atoms with Crippen molar-refractivity contribution < 1.29 is 0 Å². The molecule has 2 nitrogen and oxygen atoms in total. The molecule has 0 saturated carbocycles. The van der Waals surface area contributed by atoms with Crippen LogP contribution in [0.5, 0.6) is 0 Å². The Morgan fingerprint density at radius 1 is 1.00 bits per heavy atom. The summed E-state index contributed by atoms with van der Waals surface area (Å²) in [6, 6.07) is 17.2. The van der Waals surface area contributed by atoms with Crippen LogP contribution in [-0.2, 0) is 6.42 Å². The fraction of sp³-hybridized carbons (Fsp3) is 0.167. The van der Waals surface area contributed by atoms with Gasteiger partial charge < -0.3 is 5.32 Å². The van der Waals surface area contributed by atoms with Crippen LogP contribution in [0.1, 0.15) is 23.7 Å². The largest absolute Gasteiger partial charge is 0.376 e. The first-order valence-corrected chi connectivity index (χ1v) is 8.00. The van der Waals surface area contributed by atoms with E-state index in [1.165, 1.54) is 27.7 Å². The van der Waals surface area contributed by atoms with Crippen molar-refractivity contribution in [3.63, 3.8) is 0 Å². The number of halogens is 1. The number of fused-ring (bicyclic) bond motifs is 2. The number of benzene rings is 2. The molecule has 0 amide bonds. The molecule has 3 aromatic rings. The van der Waals surface area contributed by atoms with Crippen molar-refractivity contribution in [2.75, 3.05) is 5.32 Å². The Labute approximate surface area is 132 Å². The molecule has 1 N–H and O–H groups in total. The molecule has 0 saturated heterocycles. The third kappa shape index (κ3) is 2.22. The van der Waals surface area contributed by atoms with Crippen molar-refractivity contribution in [1.82, 2.24) is 4.98 Å². The Morgan fingerprint density at radius 2 is 1.86 bits per heavy atom. The topological polar surface area (TPSA) is 24.9 Å². The quantitative estimate of drug-likeness (QED) is 0.703. The summed E-state index contributed by atoms with van der Waals surface area (Å²) in [5, 5.41) is 6.17. The van der Waals surface area contributed by atoms with Crippen LogP contribution in [-0.4, -0.2) is 4.98 Å².